The molecule has 0 fully saturated rings. The van der Waals surface area contributed by atoms with E-state index in [-0.39, 0.29) is 822 Å². The second kappa shape index (κ2) is 367. The monoisotopic (exact) mass is 7600 g/mol. The molecule has 0 saturated heterocycles. The SMILES string of the molecule is [Pt].[Pt].[Pt].[Pt].[Pt].[Pt].[Pt].[Pt].[Pt].[Pt].[Pt].[Pt].[Pt].[Pt].[Pt].[Pt].[Pt].[Pt].[Pt].[Pt].[Pt].[Pt].[Pt].[Pt].[Pt].[Pt].[Pt].[Pt].[Pt].[Pt].[Pt].[Pt].[Pt].[Pt].[Pt].[Pt].[Pt].[Pt].[Pt]. The van der Waals surface area contributed by atoms with Crippen LogP contribution >= 0.6 is 0 Å². The van der Waals surface area contributed by atoms with Crippen molar-refractivity contribution in [3.05, 3.63) is 0 Å². The third-order valence-electron chi connectivity index (χ3n) is 0. The predicted molar refractivity (Wildman–Crippen MR) is 0 cm³/mol. The first-order chi connectivity index (χ1) is 0. The number of rotatable bonds is 0. The van der Waals surface area contributed by atoms with E-state index >= 15 is 0 Å². The summed E-state index contributed by atoms with van der Waals surface area (Å²) in [4.78, 5) is 0. The molecule has 0 rings (SSSR count). The van der Waals surface area contributed by atoms with Crippen molar-refractivity contribution in [3.63, 3.8) is 0 Å². The van der Waals surface area contributed by atoms with Gasteiger partial charge in [-0.3, -0.25) is 0 Å². The van der Waals surface area contributed by atoms with Gasteiger partial charge < -0.3 is 0 Å². The summed E-state index contributed by atoms with van der Waals surface area (Å²) >= 11 is 0. The van der Waals surface area contributed by atoms with E-state index in [1.807, 2.05) is 0 Å². The zero-order chi connectivity index (χ0) is 0. The summed E-state index contributed by atoms with van der Waals surface area (Å²) in [5.41, 5.74) is 0. The number of hydrogen-bond donors (Lipinski definition) is 0. The molecule has 390 valence electrons. The fourth-order valence-corrected chi connectivity index (χ4v) is 0. The van der Waals surface area contributed by atoms with Gasteiger partial charge in [-0.25, -0.2) is 0 Å². The van der Waals surface area contributed by atoms with Crippen molar-refractivity contribution in [2.45, 2.75) is 0 Å². The zero-order valence-corrected chi connectivity index (χ0v) is 101. The minimum Gasteiger partial charge on any atom is 0 e. The van der Waals surface area contributed by atoms with Crippen LogP contribution in [0, 0.1) is 0 Å². The Morgan fingerprint density at radius 2 is 0.0256 bits per heavy atom. The summed E-state index contributed by atoms with van der Waals surface area (Å²) in [6.45, 7) is 0. The van der Waals surface area contributed by atoms with Gasteiger partial charge in [0.25, 0.3) is 0 Å². The Labute approximate surface area is 797 Å². The van der Waals surface area contributed by atoms with Crippen LogP contribution in [-0.2, 0) is 822 Å². The Morgan fingerprint density at radius 1 is 0.0256 bits per heavy atom. The van der Waals surface area contributed by atoms with Crippen molar-refractivity contribution < 1.29 is 822 Å². The van der Waals surface area contributed by atoms with Crippen LogP contribution in [0.1, 0.15) is 0 Å². The molecule has 39 heavy (non-hydrogen) atoms. The van der Waals surface area contributed by atoms with Gasteiger partial charge in [0.2, 0.25) is 0 Å². The average molecular weight is 7610 g/mol. The van der Waals surface area contributed by atoms with Gasteiger partial charge >= 0.3 is 0 Å². The third kappa shape index (κ3) is 355. The van der Waals surface area contributed by atoms with E-state index in [2.05, 4.69) is 0 Å². The molecule has 39 heteroatoms. The Hall–Kier alpha value is 26.8. The summed E-state index contributed by atoms with van der Waals surface area (Å²) in [6.07, 6.45) is 0. The Balaban J connectivity index is 0. The second-order valence-electron chi connectivity index (χ2n) is 0. The van der Waals surface area contributed by atoms with Crippen LogP contribution in [0.2, 0.25) is 0 Å². The van der Waals surface area contributed by atoms with Crippen molar-refractivity contribution in [2.75, 3.05) is 0 Å². The van der Waals surface area contributed by atoms with Crippen LogP contribution in [0.25, 0.3) is 0 Å². The van der Waals surface area contributed by atoms with Crippen LogP contribution < -0.4 is 0 Å². The molecule has 0 aromatic rings. The molecule has 0 N–H and O–H groups in total. The maximum absolute atomic E-state index is 0. The molecular formula is Pt39. The van der Waals surface area contributed by atoms with Crippen molar-refractivity contribution in [1.29, 1.82) is 0 Å². The first kappa shape index (κ1) is 384. The van der Waals surface area contributed by atoms with E-state index in [1.165, 1.54) is 0 Å². The van der Waals surface area contributed by atoms with Crippen molar-refractivity contribution in [3.8, 4) is 0 Å². The number of hydrogen-bond acceptors (Lipinski definition) is 0. The Bertz CT molecular complexity index is 0. The van der Waals surface area contributed by atoms with Gasteiger partial charge in [0, 0.05) is 822 Å². The molecule has 0 aromatic carbocycles. The van der Waals surface area contributed by atoms with Crippen LogP contribution in [0.4, 0.5) is 0 Å². The maximum atomic E-state index is 0. The molecule has 0 aliphatic carbocycles. The summed E-state index contributed by atoms with van der Waals surface area (Å²) < 4.78 is 0. The normalized spacial score (nSPS) is 0. The van der Waals surface area contributed by atoms with E-state index in [0.29, 0.717) is 0 Å². The molecule has 0 nitrogen and oxygen atoms in total. The summed E-state index contributed by atoms with van der Waals surface area (Å²) in [7, 11) is 0. The smallest absolute Gasteiger partial charge is 0 e. The fraction of sp³-hybridized carbons (Fsp3) is 0. The van der Waals surface area contributed by atoms with Crippen molar-refractivity contribution >= 4 is 0 Å². The van der Waals surface area contributed by atoms with Crippen molar-refractivity contribution in [1.82, 2.24) is 0 Å². The van der Waals surface area contributed by atoms with Gasteiger partial charge in [0.1, 0.15) is 0 Å². The van der Waals surface area contributed by atoms with Gasteiger partial charge in [0.05, 0.1) is 0 Å². The van der Waals surface area contributed by atoms with Crippen LogP contribution in [0.5, 0.6) is 0 Å². The molecule has 0 radical (unpaired) electrons. The molecule has 0 spiro atoms. The second-order valence-corrected chi connectivity index (χ2v) is 0. The first-order valence-corrected chi connectivity index (χ1v) is 0. The zero-order valence-electron chi connectivity index (χ0n) is 12.3. The Morgan fingerprint density at radius 3 is 0.0256 bits per heavy atom. The maximum Gasteiger partial charge on any atom is 0 e. The molecular weight excluding hydrogens is 7610 g/mol. The predicted octanol–water partition coefficient (Wildman–Crippen LogP) is -0.0975. The van der Waals surface area contributed by atoms with Crippen LogP contribution in [-0.4, -0.2) is 0 Å². The van der Waals surface area contributed by atoms with E-state index in [1.54, 1.807) is 0 Å². The summed E-state index contributed by atoms with van der Waals surface area (Å²) in [5, 5.41) is 0. The minimum atomic E-state index is 0. The van der Waals surface area contributed by atoms with E-state index < -0.39 is 0 Å². The molecule has 0 aliphatic heterocycles. The van der Waals surface area contributed by atoms with Crippen molar-refractivity contribution in [2.24, 2.45) is 0 Å². The quantitative estimate of drug-likeness (QED) is 0.319. The van der Waals surface area contributed by atoms with E-state index in [0.717, 1.165) is 0 Å². The average Bonchev–Trinajstić information content (AvgIpc) is 0. The van der Waals surface area contributed by atoms with Gasteiger partial charge in [-0.1, -0.05) is 0 Å². The summed E-state index contributed by atoms with van der Waals surface area (Å²) in [5.74, 6) is 0. The molecule has 0 heterocycles. The summed E-state index contributed by atoms with van der Waals surface area (Å²) in [6, 6.07) is 0. The standard InChI is InChI=1S/39Pt. The molecule has 0 bridgehead atoms. The van der Waals surface area contributed by atoms with E-state index in [9.17, 15) is 0 Å². The topological polar surface area (TPSA) is 0 Å². The molecule has 0 aliphatic rings. The fourth-order valence-electron chi connectivity index (χ4n) is 0. The molecule has 0 unspecified atom stereocenters. The molecule has 0 atom stereocenters. The largest absolute Gasteiger partial charge is 0 e. The Kier molecular flexibility index (Phi) is 3610. The van der Waals surface area contributed by atoms with Crippen LogP contribution in [0.15, 0.2) is 0 Å². The molecule has 0 saturated carbocycles. The third-order valence-corrected chi connectivity index (χ3v) is 0. The van der Waals surface area contributed by atoms with Gasteiger partial charge in [-0.15, -0.1) is 0 Å². The molecule has 0 amide bonds. The molecule has 0 aromatic heterocycles. The van der Waals surface area contributed by atoms with E-state index in [4.69, 9.17) is 0 Å². The van der Waals surface area contributed by atoms with Crippen LogP contribution in [0.3, 0.4) is 0 Å². The van der Waals surface area contributed by atoms with Gasteiger partial charge in [-0.2, -0.15) is 0 Å². The first-order valence-electron chi connectivity index (χ1n) is 0. The van der Waals surface area contributed by atoms with Gasteiger partial charge in [0.15, 0.2) is 0 Å². The minimum absolute atomic E-state index is 0. The van der Waals surface area contributed by atoms with Gasteiger partial charge in [-0.05, 0) is 0 Å².